The molecule has 3 aromatic carbocycles. The van der Waals surface area contributed by atoms with Gasteiger partial charge in [0.15, 0.2) is 0 Å². The summed E-state index contributed by atoms with van der Waals surface area (Å²) >= 11 is 0. The quantitative estimate of drug-likeness (QED) is 0.0613. The van der Waals surface area contributed by atoms with Crippen molar-refractivity contribution in [3.8, 4) is 11.5 Å². The molecule has 0 spiro atoms. The average molecular weight is 976 g/mol. The van der Waals surface area contributed by atoms with E-state index in [4.69, 9.17) is 32.2 Å². The van der Waals surface area contributed by atoms with E-state index in [1.165, 1.54) is 6.92 Å². The van der Waals surface area contributed by atoms with E-state index < -0.39 is 43.3 Å². The molecule has 11 heteroatoms. The summed E-state index contributed by atoms with van der Waals surface area (Å²) in [7, 11) is -7.53. The number of hydrogen-bond donors (Lipinski definition) is 0. The highest BCUT2D eigenvalue weighted by molar-refractivity contribution is 6.78. The molecule has 0 saturated carbocycles. The molecule has 1 aliphatic heterocycles. The lowest BCUT2D eigenvalue weighted by Gasteiger charge is -2.52. The second-order valence-corrected chi connectivity index (χ2v) is 38.2. The Labute approximate surface area is 410 Å². The number of ether oxygens (including phenoxy) is 4. The lowest BCUT2D eigenvalue weighted by atomic mass is 9.98. The number of benzene rings is 3. The van der Waals surface area contributed by atoms with Crippen molar-refractivity contribution in [1.82, 2.24) is 0 Å². The van der Waals surface area contributed by atoms with E-state index in [1.54, 1.807) is 0 Å². The van der Waals surface area contributed by atoms with Crippen molar-refractivity contribution in [3.05, 3.63) is 101 Å². The molecule has 0 N–H and O–H groups in total. The third-order valence-corrected chi connectivity index (χ3v) is 33.2. The van der Waals surface area contributed by atoms with Gasteiger partial charge in [-0.2, -0.15) is 0 Å². The van der Waals surface area contributed by atoms with Crippen molar-refractivity contribution in [3.63, 3.8) is 0 Å². The van der Waals surface area contributed by atoms with E-state index in [-0.39, 0.29) is 12.6 Å². The Morgan fingerprint density at radius 3 is 1.42 bits per heavy atom. The van der Waals surface area contributed by atoms with E-state index in [0.717, 1.165) is 11.1 Å². The average Bonchev–Trinajstić information content (AvgIpc) is 3.25. The lowest BCUT2D eigenvalue weighted by molar-refractivity contribution is -0.142. The molecule has 3 atom stereocenters. The van der Waals surface area contributed by atoms with Gasteiger partial charge in [0.25, 0.3) is 0 Å². The zero-order chi connectivity index (χ0) is 50.0. The largest absolute Gasteiger partial charge is 0.489 e. The predicted molar refractivity (Wildman–Crippen MR) is 285 cm³/mol. The zero-order valence-corrected chi connectivity index (χ0v) is 48.0. The van der Waals surface area contributed by atoms with E-state index in [0.29, 0.717) is 98.1 Å². The first kappa shape index (κ1) is 56.4. The van der Waals surface area contributed by atoms with E-state index in [1.807, 2.05) is 60.7 Å². The van der Waals surface area contributed by atoms with Crippen molar-refractivity contribution in [2.24, 2.45) is 0 Å². The molecule has 1 aliphatic rings. The van der Waals surface area contributed by atoms with E-state index >= 15 is 0 Å². The minimum Gasteiger partial charge on any atom is -0.489 e. The fourth-order valence-corrected chi connectivity index (χ4v) is 28.7. The molecule has 0 aliphatic carbocycles. The van der Waals surface area contributed by atoms with Crippen LogP contribution in [0.2, 0.25) is 49.9 Å². The molecule has 0 radical (unpaired) electrons. The number of hydrogen-bond acceptors (Lipinski definition) is 8. The number of carbonyl (C=O) groups is 1. The highest BCUT2D eigenvalue weighted by Gasteiger charge is 2.55. The van der Waals surface area contributed by atoms with Crippen molar-refractivity contribution in [2.75, 3.05) is 6.61 Å². The van der Waals surface area contributed by atoms with Crippen molar-refractivity contribution < 1.29 is 37.0 Å². The fourth-order valence-electron chi connectivity index (χ4n) is 12.1. The molecule has 0 saturated heterocycles. The smallest absolute Gasteiger partial charge is 0.302 e. The van der Waals surface area contributed by atoms with Crippen LogP contribution in [0.1, 0.15) is 154 Å². The van der Waals surface area contributed by atoms with Crippen LogP contribution in [0.15, 0.2) is 78.9 Å². The Balaban J connectivity index is 2.12. The summed E-state index contributed by atoms with van der Waals surface area (Å²) in [4.78, 5) is 12.7. The third kappa shape index (κ3) is 13.0. The van der Waals surface area contributed by atoms with Crippen LogP contribution in [-0.4, -0.2) is 55.8 Å². The number of esters is 1. The minimum absolute atomic E-state index is 0.0148. The molecule has 3 aromatic rings. The first-order valence-electron chi connectivity index (χ1n) is 25.5. The summed E-state index contributed by atoms with van der Waals surface area (Å²) in [5.74, 6) is 1.38. The van der Waals surface area contributed by atoms with Crippen LogP contribution < -0.4 is 9.47 Å². The Hall–Kier alpha value is -3.20. The lowest BCUT2D eigenvalue weighted by Crippen LogP contribution is -2.61. The molecule has 1 heterocycles. The van der Waals surface area contributed by atoms with Crippen LogP contribution in [0.4, 0.5) is 0 Å². The van der Waals surface area contributed by atoms with Crippen LogP contribution in [-0.2, 0) is 47.4 Å². The third-order valence-electron chi connectivity index (χ3n) is 14.9. The maximum Gasteiger partial charge on any atom is 0.302 e. The first-order valence-corrected chi connectivity index (χ1v) is 31.9. The molecule has 0 amide bonds. The molecule has 0 unspecified atom stereocenters. The molecule has 0 aromatic heterocycles. The van der Waals surface area contributed by atoms with Gasteiger partial charge in [0.05, 0.1) is 18.3 Å². The van der Waals surface area contributed by atoms with Crippen LogP contribution in [0, 0.1) is 0 Å². The zero-order valence-electron chi connectivity index (χ0n) is 45.0. The first-order chi connectivity index (χ1) is 31.4. The highest BCUT2D eigenvalue weighted by atomic mass is 28.4. The van der Waals surface area contributed by atoms with Gasteiger partial charge in [0.2, 0.25) is 25.0 Å². The minimum atomic E-state index is -2.57. The molecule has 0 fully saturated rings. The Bertz CT molecular complexity index is 1950. The van der Waals surface area contributed by atoms with Crippen molar-refractivity contribution in [2.45, 2.75) is 220 Å². The highest BCUT2D eigenvalue weighted by Crippen LogP contribution is 2.50. The standard InChI is InChI=1S/C56H90O8Si3/c1-37(2)65(38(3)4,39(5)6)61-36-54-56(64-67(43(13)14,44(15)16)45(17)18)53(63-66(40(7)8,41(9)10)42(11)12)32-52(62-54)55-49(35-58-46(19)57)30-50(59-33-47-26-22-20-23-27-47)31-51(55)60-34-48-28-24-21-25-29-48/h20-32,37-45,53-54,56H,33-36H2,1-19H3/t53-,54-,56+/m1/s1. The SMILES string of the molecule is CC(=O)OCc1cc(OCc2ccccc2)cc(OCc2ccccc2)c1C1=C[C@@H](O[Si](C(C)C)(C(C)C)C(C)C)[C@H](O[Si](C(C)C)(C(C)C)C(C)C)[C@@H](CO[Si](C(C)C)(C(C)C)C(C)C)O1. The van der Waals surface area contributed by atoms with Gasteiger partial charge in [-0.3, -0.25) is 4.79 Å². The molecule has 374 valence electrons. The van der Waals surface area contributed by atoms with Crippen molar-refractivity contribution >= 4 is 36.7 Å². The Morgan fingerprint density at radius 1 is 0.552 bits per heavy atom. The Morgan fingerprint density at radius 2 is 0.985 bits per heavy atom. The van der Waals surface area contributed by atoms with Crippen LogP contribution >= 0.6 is 0 Å². The van der Waals surface area contributed by atoms with Gasteiger partial charge in [-0.15, -0.1) is 0 Å². The maximum absolute atomic E-state index is 12.7. The molecule has 67 heavy (non-hydrogen) atoms. The second-order valence-electron chi connectivity index (χ2n) is 21.9. The van der Waals surface area contributed by atoms with Crippen molar-refractivity contribution in [1.29, 1.82) is 0 Å². The van der Waals surface area contributed by atoms with Crippen LogP contribution in [0.5, 0.6) is 11.5 Å². The summed E-state index contributed by atoms with van der Waals surface area (Å²) < 4.78 is 50.5. The Kier molecular flexibility index (Phi) is 20.7. The molecule has 8 nitrogen and oxygen atoms in total. The van der Waals surface area contributed by atoms with Gasteiger partial charge >= 0.3 is 5.97 Å². The van der Waals surface area contributed by atoms with E-state index in [9.17, 15) is 4.79 Å². The summed E-state index contributed by atoms with van der Waals surface area (Å²) in [6.07, 6.45) is 0.709. The van der Waals surface area contributed by atoms with Crippen LogP contribution in [0.25, 0.3) is 5.76 Å². The second kappa shape index (κ2) is 24.6. The van der Waals surface area contributed by atoms with Gasteiger partial charge < -0.3 is 32.2 Å². The number of rotatable bonds is 25. The summed E-state index contributed by atoms with van der Waals surface area (Å²) in [6, 6.07) is 24.2. The molecule has 0 bridgehead atoms. The van der Waals surface area contributed by atoms with Gasteiger partial charge in [-0.05, 0) is 73.1 Å². The fraction of sp³-hybridized carbons (Fsp3) is 0.625. The van der Waals surface area contributed by atoms with Gasteiger partial charge in [0, 0.05) is 18.6 Å². The monoisotopic (exact) mass is 975 g/mol. The summed E-state index contributed by atoms with van der Waals surface area (Å²) in [5, 5.41) is 0. The molecular formula is C56H90O8Si3. The molecular weight excluding hydrogens is 885 g/mol. The van der Waals surface area contributed by atoms with Gasteiger partial charge in [0.1, 0.15) is 49.3 Å². The summed E-state index contributed by atoms with van der Waals surface area (Å²) in [6.45, 7) is 44.6. The maximum atomic E-state index is 12.7. The predicted octanol–water partition coefficient (Wildman–Crippen LogP) is 16.0. The van der Waals surface area contributed by atoms with Gasteiger partial charge in [-0.25, -0.2) is 0 Å². The van der Waals surface area contributed by atoms with Gasteiger partial charge in [-0.1, -0.05) is 185 Å². The topological polar surface area (TPSA) is 81.7 Å². The van der Waals surface area contributed by atoms with Crippen LogP contribution in [0.3, 0.4) is 0 Å². The number of carbonyl (C=O) groups excluding carboxylic acids is 1. The van der Waals surface area contributed by atoms with E-state index in [2.05, 4.69) is 143 Å². The summed E-state index contributed by atoms with van der Waals surface area (Å²) in [5.41, 5.74) is 6.50. The molecule has 4 rings (SSSR count). The normalized spacial score (nSPS) is 17.4.